The second-order valence-electron chi connectivity index (χ2n) is 2.15. The first-order valence-corrected chi connectivity index (χ1v) is 3.30. The minimum Gasteiger partial charge on any atom is -0.299 e. The van der Waals surface area contributed by atoms with Crippen LogP contribution in [-0.4, -0.2) is 27.3 Å². The lowest BCUT2D eigenvalue weighted by Crippen LogP contribution is -2.25. The number of carbonyl (C=O) groups excluding carboxylic acids is 2. The van der Waals surface area contributed by atoms with Crippen LogP contribution in [0, 0.1) is 0 Å². The molecule has 0 aromatic carbocycles. The van der Waals surface area contributed by atoms with E-state index in [9.17, 15) is 9.59 Å². The number of Topliss-reactive ketones (excluding diaryl/α,β-unsaturated/α-hetero) is 1. The summed E-state index contributed by atoms with van der Waals surface area (Å²) in [5.74, 6) is -1.28. The Balaban J connectivity index is 3.67. The van der Waals surface area contributed by atoms with E-state index in [2.05, 4.69) is 0 Å². The molecule has 0 unspecified atom stereocenters. The van der Waals surface area contributed by atoms with Crippen LogP contribution in [0.3, 0.4) is 0 Å². The van der Waals surface area contributed by atoms with E-state index in [1.807, 2.05) is 0 Å². The summed E-state index contributed by atoms with van der Waals surface area (Å²) in [5, 5.41) is 15.7. The summed E-state index contributed by atoms with van der Waals surface area (Å²) in [5.41, 5.74) is 0. The lowest BCUT2D eigenvalue weighted by atomic mass is 10.2. The van der Waals surface area contributed by atoms with Crippen LogP contribution in [0.1, 0.15) is 26.2 Å². The van der Waals surface area contributed by atoms with Crippen molar-refractivity contribution in [2.75, 3.05) is 0 Å². The fourth-order valence-electron chi connectivity index (χ4n) is 0.607. The number of ketones is 1. The molecule has 0 saturated heterocycles. The smallest absolute Gasteiger partial charge is 0.280 e. The molecule has 2 N–H and O–H groups in total. The summed E-state index contributed by atoms with van der Waals surface area (Å²) in [6.45, 7) is 1.80. The van der Waals surface area contributed by atoms with Gasteiger partial charge in [0.15, 0.2) is 0 Å². The summed E-state index contributed by atoms with van der Waals surface area (Å²) < 4.78 is 0. The van der Waals surface area contributed by atoms with Crippen molar-refractivity contribution in [1.82, 2.24) is 5.23 Å². The van der Waals surface area contributed by atoms with Crippen LogP contribution < -0.4 is 0 Å². The van der Waals surface area contributed by atoms with Crippen LogP contribution in [0.25, 0.3) is 0 Å². The first-order valence-electron chi connectivity index (χ1n) is 3.30. The molecule has 0 rings (SSSR count). The zero-order chi connectivity index (χ0) is 8.85. The highest BCUT2D eigenvalue weighted by molar-refractivity contribution is 5.97. The molecule has 11 heavy (non-hydrogen) atoms. The van der Waals surface area contributed by atoms with Crippen molar-refractivity contribution >= 4 is 11.7 Å². The summed E-state index contributed by atoms with van der Waals surface area (Å²) in [4.78, 5) is 21.1. The molecule has 5 heteroatoms. The van der Waals surface area contributed by atoms with Crippen molar-refractivity contribution in [2.45, 2.75) is 26.2 Å². The molecule has 0 bridgehead atoms. The maximum atomic E-state index is 10.7. The molecule has 1 amide bonds. The van der Waals surface area contributed by atoms with Gasteiger partial charge in [0.1, 0.15) is 5.78 Å². The van der Waals surface area contributed by atoms with Gasteiger partial charge in [-0.3, -0.25) is 20.0 Å². The number of hydrogen-bond donors (Lipinski definition) is 2. The highest BCUT2D eigenvalue weighted by Crippen LogP contribution is 1.95. The quantitative estimate of drug-likeness (QED) is 0.354. The van der Waals surface area contributed by atoms with Crippen molar-refractivity contribution in [1.29, 1.82) is 0 Å². The van der Waals surface area contributed by atoms with Gasteiger partial charge in [-0.15, -0.1) is 0 Å². The Hall–Kier alpha value is -0.940. The third-order valence-corrected chi connectivity index (χ3v) is 1.10. The number of amides is 1. The predicted molar refractivity (Wildman–Crippen MR) is 35.0 cm³/mol. The fourth-order valence-corrected chi connectivity index (χ4v) is 0.607. The van der Waals surface area contributed by atoms with Gasteiger partial charge in [-0.25, -0.2) is 0 Å². The molecule has 0 radical (unpaired) electrons. The third-order valence-electron chi connectivity index (χ3n) is 1.10. The van der Waals surface area contributed by atoms with E-state index in [0.29, 0.717) is 12.8 Å². The molecule has 0 heterocycles. The van der Waals surface area contributed by atoms with Gasteiger partial charge in [0.05, 0.1) is 6.42 Å². The van der Waals surface area contributed by atoms with Crippen LogP contribution in [-0.2, 0) is 9.59 Å². The maximum Gasteiger partial charge on any atom is 0.280 e. The molecular formula is C6H11NO4. The van der Waals surface area contributed by atoms with Crippen LogP contribution in [0.5, 0.6) is 0 Å². The second kappa shape index (κ2) is 4.81. The van der Waals surface area contributed by atoms with Crippen molar-refractivity contribution in [3.8, 4) is 0 Å². The van der Waals surface area contributed by atoms with Gasteiger partial charge in [0, 0.05) is 6.42 Å². The van der Waals surface area contributed by atoms with Gasteiger partial charge < -0.3 is 0 Å². The van der Waals surface area contributed by atoms with E-state index in [4.69, 9.17) is 10.4 Å². The van der Waals surface area contributed by atoms with Gasteiger partial charge in [0.25, 0.3) is 5.91 Å². The lowest BCUT2D eigenvalue weighted by molar-refractivity contribution is -0.284. The second-order valence-corrected chi connectivity index (χ2v) is 2.15. The highest BCUT2D eigenvalue weighted by Gasteiger charge is 2.12. The maximum absolute atomic E-state index is 10.7. The summed E-state index contributed by atoms with van der Waals surface area (Å²) in [6.07, 6.45) is 0.503. The Morgan fingerprint density at radius 2 is 1.91 bits per heavy atom. The van der Waals surface area contributed by atoms with Crippen LogP contribution >= 0.6 is 0 Å². The van der Waals surface area contributed by atoms with Gasteiger partial charge in [0.2, 0.25) is 0 Å². The summed E-state index contributed by atoms with van der Waals surface area (Å²) >= 11 is 0. The first-order chi connectivity index (χ1) is 5.07. The Kier molecular flexibility index (Phi) is 4.40. The highest BCUT2D eigenvalue weighted by atomic mass is 16.8. The molecule has 5 nitrogen and oxygen atoms in total. The fraction of sp³-hybridized carbons (Fsp3) is 0.667. The standard InChI is InChI=1S/C6H11NO4/c1-2-3-5(8)4-6(9)7(10)11/h10-11H,2-4H2,1H3. The Morgan fingerprint density at radius 3 is 2.27 bits per heavy atom. The molecule has 0 aromatic rings. The SMILES string of the molecule is CCCC(=O)CC(=O)N(O)O. The van der Waals surface area contributed by atoms with Crippen molar-refractivity contribution in [2.24, 2.45) is 0 Å². The molecule has 0 saturated carbocycles. The van der Waals surface area contributed by atoms with E-state index in [0.717, 1.165) is 0 Å². The minimum atomic E-state index is -0.997. The average molecular weight is 161 g/mol. The van der Waals surface area contributed by atoms with E-state index in [1.165, 1.54) is 0 Å². The molecule has 0 atom stereocenters. The van der Waals surface area contributed by atoms with Crippen LogP contribution in [0.2, 0.25) is 0 Å². The third kappa shape index (κ3) is 4.46. The summed E-state index contributed by atoms with van der Waals surface area (Å²) in [6, 6.07) is 0. The van der Waals surface area contributed by atoms with E-state index in [-0.39, 0.29) is 5.78 Å². The average Bonchev–Trinajstić information content (AvgIpc) is 1.87. The molecule has 0 aliphatic rings. The van der Waals surface area contributed by atoms with Gasteiger partial charge in [-0.2, -0.15) is 0 Å². The monoisotopic (exact) mass is 161 g/mol. The molecule has 0 aromatic heterocycles. The number of hydroxylamine groups is 2. The molecule has 0 spiro atoms. The summed E-state index contributed by atoms with van der Waals surface area (Å²) in [7, 11) is 0. The normalized spacial score (nSPS) is 9.36. The van der Waals surface area contributed by atoms with E-state index in [1.54, 1.807) is 6.92 Å². The molecule has 0 aliphatic heterocycles. The molecule has 0 fully saturated rings. The number of nitrogens with zero attached hydrogens (tertiary/aromatic N) is 1. The van der Waals surface area contributed by atoms with Gasteiger partial charge in [-0.1, -0.05) is 12.2 Å². The Bertz CT molecular complexity index is 155. The number of carbonyl (C=O) groups is 2. The topological polar surface area (TPSA) is 77.8 Å². The largest absolute Gasteiger partial charge is 0.299 e. The van der Waals surface area contributed by atoms with Gasteiger partial charge >= 0.3 is 0 Å². The van der Waals surface area contributed by atoms with E-state index < -0.39 is 17.6 Å². The zero-order valence-corrected chi connectivity index (χ0v) is 6.28. The van der Waals surface area contributed by atoms with Crippen molar-refractivity contribution < 1.29 is 20.0 Å². The van der Waals surface area contributed by atoms with Gasteiger partial charge in [-0.05, 0) is 6.42 Å². The van der Waals surface area contributed by atoms with Crippen molar-refractivity contribution in [3.63, 3.8) is 0 Å². The van der Waals surface area contributed by atoms with Crippen molar-refractivity contribution in [3.05, 3.63) is 0 Å². The zero-order valence-electron chi connectivity index (χ0n) is 6.28. The molecular weight excluding hydrogens is 150 g/mol. The van der Waals surface area contributed by atoms with E-state index >= 15 is 0 Å². The number of hydrogen-bond acceptors (Lipinski definition) is 4. The molecule has 64 valence electrons. The van der Waals surface area contributed by atoms with Crippen LogP contribution in [0.15, 0.2) is 0 Å². The van der Waals surface area contributed by atoms with Crippen LogP contribution in [0.4, 0.5) is 0 Å². The minimum absolute atomic E-state index is 0.286. The Labute approximate surface area is 64.1 Å². The predicted octanol–water partition coefficient (Wildman–Crippen LogP) is 0.353. The first kappa shape index (κ1) is 10.1. The molecule has 0 aliphatic carbocycles. The Morgan fingerprint density at radius 1 is 1.36 bits per heavy atom. The lowest BCUT2D eigenvalue weighted by Gasteiger charge is -2.03. The number of rotatable bonds is 4.